The molecule has 1 atom stereocenters. The molecule has 0 radical (unpaired) electrons. The number of carbonyl (C=O) groups excluding carboxylic acids is 2. The van der Waals surface area contributed by atoms with Gasteiger partial charge in [-0.1, -0.05) is 0 Å². The van der Waals surface area contributed by atoms with Gasteiger partial charge in [0.25, 0.3) is 5.91 Å². The van der Waals surface area contributed by atoms with E-state index in [0.717, 1.165) is 18.2 Å². The van der Waals surface area contributed by atoms with Gasteiger partial charge in [-0.15, -0.1) is 11.3 Å². The molecule has 2 heterocycles. The van der Waals surface area contributed by atoms with E-state index in [4.69, 9.17) is 9.15 Å². The number of hydrogen-bond acceptors (Lipinski definition) is 6. The van der Waals surface area contributed by atoms with Crippen molar-refractivity contribution in [3.05, 3.63) is 58.8 Å². The van der Waals surface area contributed by atoms with Crippen LogP contribution < -0.4 is 5.32 Å². The number of hydrogen-bond donors (Lipinski definition) is 1. The van der Waals surface area contributed by atoms with E-state index in [2.05, 4.69) is 10.3 Å². The maximum atomic E-state index is 13.6. The molecule has 1 N–H and O–H groups in total. The van der Waals surface area contributed by atoms with Gasteiger partial charge in [0.05, 0.1) is 12.0 Å². The van der Waals surface area contributed by atoms with Crippen molar-refractivity contribution in [1.29, 1.82) is 0 Å². The highest BCUT2D eigenvalue weighted by atomic mass is 32.1. The molecule has 0 aliphatic rings. The summed E-state index contributed by atoms with van der Waals surface area (Å²) in [4.78, 5) is 29.2. The van der Waals surface area contributed by atoms with Gasteiger partial charge >= 0.3 is 5.97 Å². The van der Waals surface area contributed by atoms with Gasteiger partial charge in [-0.25, -0.2) is 18.6 Å². The molecule has 2 aromatic heterocycles. The highest BCUT2D eigenvalue weighted by molar-refractivity contribution is 7.15. The quantitative estimate of drug-likeness (QED) is 0.659. The van der Waals surface area contributed by atoms with Crippen molar-refractivity contribution in [2.45, 2.75) is 20.0 Å². The molecule has 0 aliphatic carbocycles. The Labute approximate surface area is 156 Å². The van der Waals surface area contributed by atoms with E-state index < -0.39 is 29.6 Å². The Kier molecular flexibility index (Phi) is 5.31. The predicted octanol–water partition coefficient (Wildman–Crippen LogP) is 4.17. The van der Waals surface area contributed by atoms with Gasteiger partial charge in [-0.3, -0.25) is 4.79 Å². The maximum absolute atomic E-state index is 13.6. The van der Waals surface area contributed by atoms with Gasteiger partial charge in [-0.05, 0) is 38.1 Å². The van der Waals surface area contributed by atoms with Crippen LogP contribution in [0.15, 0.2) is 41.0 Å². The Morgan fingerprint density at radius 1 is 1.30 bits per heavy atom. The summed E-state index contributed by atoms with van der Waals surface area (Å²) < 4.78 is 37.1. The molecule has 140 valence electrons. The Hall–Kier alpha value is -3.07. The van der Waals surface area contributed by atoms with Gasteiger partial charge in [0.1, 0.15) is 11.6 Å². The summed E-state index contributed by atoms with van der Waals surface area (Å²) in [6.07, 6.45) is 0.246. The zero-order chi connectivity index (χ0) is 19.6. The van der Waals surface area contributed by atoms with E-state index in [-0.39, 0.29) is 11.4 Å². The molecule has 27 heavy (non-hydrogen) atoms. The zero-order valence-electron chi connectivity index (χ0n) is 14.3. The number of nitrogens with zero attached hydrogens (tertiary/aromatic N) is 1. The molecule has 1 unspecified atom stereocenters. The van der Waals surface area contributed by atoms with Crippen LogP contribution in [0.3, 0.4) is 0 Å². The summed E-state index contributed by atoms with van der Waals surface area (Å²) >= 11 is 1.24. The topological polar surface area (TPSA) is 81.4 Å². The molecule has 3 rings (SSSR count). The standard InChI is InChI=1S/C18H14F2N2O4S/c1-9(16(23)21-13-8-11(19)5-6-12(13)20)26-18(24)15-10(2)27-17(22-15)14-4-3-7-25-14/h3-9H,1-2H3,(H,21,23). The minimum Gasteiger partial charge on any atom is -0.462 e. The second-order valence-electron chi connectivity index (χ2n) is 5.56. The lowest BCUT2D eigenvalue weighted by atomic mass is 10.2. The normalized spacial score (nSPS) is 11.9. The molecule has 0 spiro atoms. The molecule has 0 saturated carbocycles. The number of benzene rings is 1. The molecule has 1 aromatic carbocycles. The lowest BCUT2D eigenvalue weighted by Crippen LogP contribution is -2.30. The smallest absolute Gasteiger partial charge is 0.358 e. The van der Waals surface area contributed by atoms with E-state index in [9.17, 15) is 18.4 Å². The number of rotatable bonds is 5. The summed E-state index contributed by atoms with van der Waals surface area (Å²) in [7, 11) is 0. The Balaban J connectivity index is 1.68. The third kappa shape index (κ3) is 4.20. The van der Waals surface area contributed by atoms with Crippen molar-refractivity contribution in [2.75, 3.05) is 5.32 Å². The van der Waals surface area contributed by atoms with Crippen LogP contribution in [0.2, 0.25) is 0 Å². The maximum Gasteiger partial charge on any atom is 0.358 e. The van der Waals surface area contributed by atoms with Gasteiger partial charge in [0.2, 0.25) is 0 Å². The zero-order valence-corrected chi connectivity index (χ0v) is 15.1. The Morgan fingerprint density at radius 2 is 2.07 bits per heavy atom. The second-order valence-corrected chi connectivity index (χ2v) is 6.77. The molecule has 0 aliphatic heterocycles. The van der Waals surface area contributed by atoms with E-state index >= 15 is 0 Å². The molecule has 0 bridgehead atoms. The van der Waals surface area contributed by atoms with Crippen LogP contribution in [0.1, 0.15) is 22.3 Å². The van der Waals surface area contributed by atoms with Gasteiger partial charge in [0.15, 0.2) is 22.6 Å². The molecule has 0 fully saturated rings. The summed E-state index contributed by atoms with van der Waals surface area (Å²) in [5.74, 6) is -2.60. The van der Waals surface area contributed by atoms with E-state index in [1.165, 1.54) is 24.5 Å². The first kappa shape index (κ1) is 18.7. The third-order valence-electron chi connectivity index (χ3n) is 3.56. The van der Waals surface area contributed by atoms with Crippen molar-refractivity contribution < 1.29 is 27.5 Å². The minimum absolute atomic E-state index is 0.0583. The number of furan rings is 1. The number of thiazole rings is 1. The Morgan fingerprint density at radius 3 is 2.78 bits per heavy atom. The monoisotopic (exact) mass is 392 g/mol. The third-order valence-corrected chi connectivity index (χ3v) is 4.55. The minimum atomic E-state index is -1.24. The second kappa shape index (κ2) is 7.67. The lowest BCUT2D eigenvalue weighted by molar-refractivity contribution is -0.123. The summed E-state index contributed by atoms with van der Waals surface area (Å²) in [6, 6.07) is 6.05. The average molecular weight is 392 g/mol. The number of aromatic nitrogens is 1. The van der Waals surface area contributed by atoms with Crippen LogP contribution in [0, 0.1) is 18.6 Å². The van der Waals surface area contributed by atoms with Crippen LogP contribution in [0.4, 0.5) is 14.5 Å². The van der Waals surface area contributed by atoms with E-state index in [1.54, 1.807) is 19.1 Å². The first-order chi connectivity index (χ1) is 12.8. The SMILES string of the molecule is Cc1sc(-c2ccco2)nc1C(=O)OC(C)C(=O)Nc1cc(F)ccc1F. The molecule has 3 aromatic rings. The first-order valence-corrected chi connectivity index (χ1v) is 8.65. The van der Waals surface area contributed by atoms with Crippen LogP contribution in [0.5, 0.6) is 0 Å². The van der Waals surface area contributed by atoms with Crippen LogP contribution in [0.25, 0.3) is 10.8 Å². The van der Waals surface area contributed by atoms with Crippen molar-refractivity contribution in [1.82, 2.24) is 4.98 Å². The van der Waals surface area contributed by atoms with E-state index in [0.29, 0.717) is 15.6 Å². The molecule has 6 nitrogen and oxygen atoms in total. The van der Waals surface area contributed by atoms with Crippen LogP contribution >= 0.6 is 11.3 Å². The molecule has 1 amide bonds. The predicted molar refractivity (Wildman–Crippen MR) is 94.4 cm³/mol. The molecule has 9 heteroatoms. The van der Waals surface area contributed by atoms with Gasteiger partial charge in [0, 0.05) is 10.9 Å². The molecular weight excluding hydrogens is 378 g/mol. The number of amides is 1. The number of halogens is 2. The van der Waals surface area contributed by atoms with Gasteiger partial charge < -0.3 is 14.5 Å². The summed E-state index contributed by atoms with van der Waals surface area (Å²) in [5, 5.41) is 2.69. The van der Waals surface area contributed by atoms with Crippen molar-refractivity contribution >= 4 is 28.9 Å². The largest absolute Gasteiger partial charge is 0.462 e. The molecular formula is C18H14F2N2O4S. The van der Waals surface area contributed by atoms with Crippen molar-refractivity contribution in [3.63, 3.8) is 0 Å². The fraction of sp³-hybridized carbons (Fsp3) is 0.167. The first-order valence-electron chi connectivity index (χ1n) is 7.83. The summed E-state index contributed by atoms with van der Waals surface area (Å²) in [5.41, 5.74) is -0.282. The molecule has 0 saturated heterocycles. The highest BCUT2D eigenvalue weighted by Crippen LogP contribution is 2.28. The van der Waals surface area contributed by atoms with Crippen LogP contribution in [-0.2, 0) is 9.53 Å². The van der Waals surface area contributed by atoms with Crippen molar-refractivity contribution in [2.24, 2.45) is 0 Å². The number of carbonyl (C=O) groups is 2. The highest BCUT2D eigenvalue weighted by Gasteiger charge is 2.24. The average Bonchev–Trinajstić information content (AvgIpc) is 3.27. The van der Waals surface area contributed by atoms with Crippen molar-refractivity contribution in [3.8, 4) is 10.8 Å². The van der Waals surface area contributed by atoms with Gasteiger partial charge in [-0.2, -0.15) is 0 Å². The number of ether oxygens (including phenoxy) is 1. The number of anilines is 1. The van der Waals surface area contributed by atoms with E-state index in [1.807, 2.05) is 0 Å². The lowest BCUT2D eigenvalue weighted by Gasteiger charge is -2.13. The van der Waals surface area contributed by atoms with Crippen LogP contribution in [-0.4, -0.2) is 23.0 Å². The number of nitrogens with one attached hydrogen (secondary N) is 1. The fourth-order valence-corrected chi connectivity index (χ4v) is 3.06. The summed E-state index contributed by atoms with van der Waals surface area (Å²) in [6.45, 7) is 3.01. The number of aryl methyl sites for hydroxylation is 1. The fourth-order valence-electron chi connectivity index (χ4n) is 2.19. The number of esters is 1. The Bertz CT molecular complexity index is 985.